The third-order valence-electron chi connectivity index (χ3n) is 7.73. The summed E-state index contributed by atoms with van der Waals surface area (Å²) in [5.74, 6) is 0.553. The lowest BCUT2D eigenvalue weighted by molar-refractivity contribution is -0.122. The molecule has 0 unspecified atom stereocenters. The molecule has 2 aliphatic heterocycles. The van der Waals surface area contributed by atoms with Gasteiger partial charge in [-0.05, 0) is 60.9 Å². The van der Waals surface area contributed by atoms with Crippen LogP contribution in [0.5, 0.6) is 5.75 Å². The largest absolute Gasteiger partial charge is 0.497 e. The number of hydrogen-bond acceptors (Lipinski definition) is 7. The number of carbonyl (C=O) groups excluding carboxylic acids is 1. The molecule has 0 bridgehead atoms. The minimum Gasteiger partial charge on any atom is -0.497 e. The number of ether oxygens (including phenoxy) is 1. The van der Waals surface area contributed by atoms with E-state index in [1.54, 1.807) is 45.3 Å². The highest BCUT2D eigenvalue weighted by Gasteiger charge is 2.33. The van der Waals surface area contributed by atoms with Crippen molar-refractivity contribution in [1.29, 1.82) is 0 Å². The van der Waals surface area contributed by atoms with Crippen molar-refractivity contribution in [2.45, 2.75) is 37.1 Å². The number of para-hydroxylation sites is 1. The molecule has 6 rings (SSSR count). The third-order valence-corrected chi connectivity index (χ3v) is 11.0. The van der Waals surface area contributed by atoms with Gasteiger partial charge in [0.1, 0.15) is 15.8 Å². The first kappa shape index (κ1) is 30.3. The van der Waals surface area contributed by atoms with Gasteiger partial charge in [-0.15, -0.1) is 0 Å². The number of thioether (sulfide) groups is 1. The predicted molar refractivity (Wildman–Crippen MR) is 178 cm³/mol. The van der Waals surface area contributed by atoms with Crippen LogP contribution in [0, 0.1) is 0 Å². The van der Waals surface area contributed by atoms with E-state index in [1.807, 2.05) is 66.9 Å². The van der Waals surface area contributed by atoms with E-state index >= 15 is 0 Å². The normalized spacial score (nSPS) is 17.3. The third kappa shape index (κ3) is 6.37. The number of amides is 1. The van der Waals surface area contributed by atoms with Crippen LogP contribution < -0.4 is 4.74 Å². The summed E-state index contributed by atoms with van der Waals surface area (Å²) in [6.45, 7) is 1.40. The number of sulfonamides is 1. The number of methoxy groups -OCH3 is 1. The number of nitrogens with zero attached hydrogens (tertiary/aromatic N) is 4. The van der Waals surface area contributed by atoms with E-state index in [1.165, 1.54) is 11.8 Å². The van der Waals surface area contributed by atoms with Gasteiger partial charge in [0.15, 0.2) is 0 Å². The molecule has 0 aliphatic carbocycles. The van der Waals surface area contributed by atoms with Crippen LogP contribution in [0.2, 0.25) is 0 Å². The van der Waals surface area contributed by atoms with Gasteiger partial charge in [0.25, 0.3) is 5.91 Å². The number of hydrogen-bond donors (Lipinski definition) is 0. The molecule has 3 heterocycles. The number of benzene rings is 3. The average molecular weight is 645 g/mol. The quantitative estimate of drug-likeness (QED) is 0.160. The zero-order valence-corrected chi connectivity index (χ0v) is 26.7. The summed E-state index contributed by atoms with van der Waals surface area (Å²) in [7, 11) is -2.05. The Bertz CT molecular complexity index is 1810. The molecule has 226 valence electrons. The minimum atomic E-state index is -3.66. The summed E-state index contributed by atoms with van der Waals surface area (Å²) < 4.78 is 36.3. The summed E-state index contributed by atoms with van der Waals surface area (Å²) in [6.07, 6.45) is 7.46. The Kier molecular flexibility index (Phi) is 8.99. The zero-order chi connectivity index (χ0) is 30.7. The van der Waals surface area contributed by atoms with Gasteiger partial charge in [-0.1, -0.05) is 79.3 Å². The lowest BCUT2D eigenvalue weighted by atomic mass is 10.1. The summed E-state index contributed by atoms with van der Waals surface area (Å²) in [5.41, 5.74) is 3.68. The smallest absolute Gasteiger partial charge is 0.266 e. The molecule has 3 aromatic carbocycles. The van der Waals surface area contributed by atoms with Crippen molar-refractivity contribution in [2.24, 2.45) is 0 Å². The van der Waals surface area contributed by atoms with Crippen LogP contribution >= 0.6 is 24.0 Å². The molecule has 1 aromatic heterocycles. The number of carbonyl (C=O) groups is 1. The lowest BCUT2D eigenvalue weighted by Crippen LogP contribution is -2.31. The first-order valence-corrected chi connectivity index (χ1v) is 17.1. The Balaban J connectivity index is 1.36. The molecule has 11 heteroatoms. The Hall–Kier alpha value is -3.77. The van der Waals surface area contributed by atoms with Crippen LogP contribution in [0.1, 0.15) is 36.8 Å². The van der Waals surface area contributed by atoms with E-state index in [0.29, 0.717) is 45.7 Å². The molecule has 0 saturated carbocycles. The summed E-state index contributed by atoms with van der Waals surface area (Å²) >= 11 is 6.85. The first-order chi connectivity index (χ1) is 21.3. The molecule has 44 heavy (non-hydrogen) atoms. The van der Waals surface area contributed by atoms with Crippen molar-refractivity contribution in [3.8, 4) is 22.7 Å². The van der Waals surface area contributed by atoms with E-state index in [-0.39, 0.29) is 10.8 Å². The van der Waals surface area contributed by atoms with Gasteiger partial charge in [0.05, 0.1) is 29.1 Å². The van der Waals surface area contributed by atoms with Crippen molar-refractivity contribution < 1.29 is 17.9 Å². The summed E-state index contributed by atoms with van der Waals surface area (Å²) in [6, 6.07) is 24.1. The molecular weight excluding hydrogens is 613 g/mol. The van der Waals surface area contributed by atoms with E-state index in [9.17, 15) is 13.2 Å². The van der Waals surface area contributed by atoms with Gasteiger partial charge in [-0.2, -0.15) is 9.40 Å². The standard InChI is InChI=1S/C33H32N4O4S3/c1-41-28-16-14-24(15-17-28)22-36-32(38)30(43-33(36)42)21-26-23-37(27-11-5-4-6-12-27)34-31(26)25-10-9-13-29(20-25)44(39,40)35-18-7-2-3-8-19-35/h4-6,9-17,20-21,23H,2-3,7-8,18-19,22H2,1H3/b30-21-. The van der Waals surface area contributed by atoms with Crippen LogP contribution in [0.4, 0.5) is 0 Å². The van der Waals surface area contributed by atoms with Crippen LogP contribution in [0.25, 0.3) is 23.0 Å². The number of aromatic nitrogens is 2. The monoisotopic (exact) mass is 644 g/mol. The molecule has 0 N–H and O–H groups in total. The van der Waals surface area contributed by atoms with Gasteiger partial charge in [-0.3, -0.25) is 9.69 Å². The van der Waals surface area contributed by atoms with E-state index in [0.717, 1.165) is 42.7 Å². The maximum absolute atomic E-state index is 13.6. The van der Waals surface area contributed by atoms with Crippen molar-refractivity contribution >= 4 is 50.3 Å². The second-order valence-corrected chi connectivity index (χ2v) is 14.3. The highest BCUT2D eigenvalue weighted by atomic mass is 32.2. The summed E-state index contributed by atoms with van der Waals surface area (Å²) in [4.78, 5) is 15.9. The van der Waals surface area contributed by atoms with E-state index < -0.39 is 10.0 Å². The van der Waals surface area contributed by atoms with Gasteiger partial charge in [-0.25, -0.2) is 13.1 Å². The van der Waals surface area contributed by atoms with Crippen LogP contribution in [-0.2, 0) is 21.4 Å². The maximum Gasteiger partial charge on any atom is 0.266 e. The molecule has 2 saturated heterocycles. The summed E-state index contributed by atoms with van der Waals surface area (Å²) in [5, 5.41) is 4.88. The Morgan fingerprint density at radius 1 is 0.955 bits per heavy atom. The minimum absolute atomic E-state index is 0.188. The predicted octanol–water partition coefficient (Wildman–Crippen LogP) is 6.51. The van der Waals surface area contributed by atoms with Crippen LogP contribution in [-0.4, -0.2) is 57.8 Å². The molecular formula is C33H32N4O4S3. The fourth-order valence-electron chi connectivity index (χ4n) is 5.36. The molecule has 2 fully saturated rings. The molecule has 4 aromatic rings. The highest BCUT2D eigenvalue weighted by Crippen LogP contribution is 2.36. The molecule has 0 radical (unpaired) electrons. The lowest BCUT2D eigenvalue weighted by Gasteiger charge is -2.20. The topological polar surface area (TPSA) is 84.7 Å². The fraction of sp³-hybridized carbons (Fsp3) is 0.242. The van der Waals surface area contributed by atoms with Crippen molar-refractivity contribution in [1.82, 2.24) is 19.0 Å². The van der Waals surface area contributed by atoms with Gasteiger partial charge < -0.3 is 4.74 Å². The second-order valence-electron chi connectivity index (χ2n) is 10.7. The Morgan fingerprint density at radius 2 is 1.68 bits per heavy atom. The van der Waals surface area contributed by atoms with Crippen LogP contribution in [0.15, 0.2) is 94.9 Å². The van der Waals surface area contributed by atoms with Crippen molar-refractivity contribution in [3.63, 3.8) is 0 Å². The number of thiocarbonyl (C=S) groups is 1. The molecule has 2 aliphatic rings. The molecule has 8 nitrogen and oxygen atoms in total. The van der Waals surface area contributed by atoms with E-state index in [2.05, 4.69) is 0 Å². The SMILES string of the molecule is COc1ccc(CN2C(=O)/C(=C/c3cn(-c4ccccc4)nc3-c3cccc(S(=O)(=O)N4CCCCCC4)c3)SC2=S)cc1. The van der Waals surface area contributed by atoms with Gasteiger partial charge in [0, 0.05) is 30.4 Å². The van der Waals surface area contributed by atoms with Crippen LogP contribution in [0.3, 0.4) is 0 Å². The maximum atomic E-state index is 13.6. The second kappa shape index (κ2) is 13.1. The van der Waals surface area contributed by atoms with Crippen molar-refractivity contribution in [2.75, 3.05) is 20.2 Å². The highest BCUT2D eigenvalue weighted by molar-refractivity contribution is 8.26. The Labute approximate surface area is 267 Å². The fourth-order valence-corrected chi connectivity index (χ4v) is 8.17. The number of rotatable bonds is 8. The average Bonchev–Trinajstić information content (AvgIpc) is 3.43. The Morgan fingerprint density at radius 3 is 2.39 bits per heavy atom. The molecule has 0 spiro atoms. The van der Waals surface area contributed by atoms with Crippen molar-refractivity contribution in [3.05, 3.63) is 101 Å². The molecule has 0 atom stereocenters. The first-order valence-electron chi connectivity index (χ1n) is 14.5. The zero-order valence-electron chi connectivity index (χ0n) is 24.3. The van der Waals surface area contributed by atoms with Gasteiger partial charge in [0.2, 0.25) is 10.0 Å². The molecule has 1 amide bonds. The van der Waals surface area contributed by atoms with E-state index in [4.69, 9.17) is 22.1 Å². The van der Waals surface area contributed by atoms with Gasteiger partial charge >= 0.3 is 0 Å².